The van der Waals surface area contributed by atoms with Gasteiger partial charge in [-0.15, -0.1) is 0 Å². The van der Waals surface area contributed by atoms with Crippen LogP contribution in [0.1, 0.15) is 12.0 Å². The number of ether oxygens (including phenoxy) is 2. The molecule has 1 aromatic carbocycles. The normalized spacial score (nSPS) is 10.2. The number of rotatable bonds is 5. The number of hydrogen-bond donors (Lipinski definition) is 0. The summed E-state index contributed by atoms with van der Waals surface area (Å²) in [7, 11) is 3.37. The van der Waals surface area contributed by atoms with Gasteiger partial charge in [-0.05, 0) is 36.6 Å². The molecule has 0 fully saturated rings. The Labute approximate surface area is 89.8 Å². The summed E-state index contributed by atoms with van der Waals surface area (Å²) < 4.78 is 10.2. The summed E-state index contributed by atoms with van der Waals surface area (Å²) in [6.45, 7) is 0.760. The molecule has 0 amide bonds. The predicted molar refractivity (Wildman–Crippen MR) is 58.2 cm³/mol. The Hall–Kier alpha value is -0.730. The maximum atomic E-state index is 5.90. The average Bonchev–Trinajstić information content (AvgIpc) is 2.19. The summed E-state index contributed by atoms with van der Waals surface area (Å²) in [5.41, 5.74) is 1.14. The van der Waals surface area contributed by atoms with Gasteiger partial charge < -0.3 is 9.47 Å². The summed E-state index contributed by atoms with van der Waals surface area (Å²) in [5.74, 6) is 0.894. The molecule has 0 aliphatic rings. The van der Waals surface area contributed by atoms with Gasteiger partial charge in [-0.3, -0.25) is 0 Å². The molecule has 0 saturated carbocycles. The lowest BCUT2D eigenvalue weighted by molar-refractivity contribution is 0.195. The second-order valence-electron chi connectivity index (χ2n) is 3.05. The Morgan fingerprint density at radius 1 is 1.29 bits per heavy atom. The molecule has 14 heavy (non-hydrogen) atoms. The lowest BCUT2D eigenvalue weighted by Crippen LogP contribution is -1.96. The maximum absolute atomic E-state index is 5.90. The van der Waals surface area contributed by atoms with Crippen LogP contribution in [0.5, 0.6) is 5.75 Å². The SMILES string of the molecule is COCCCc1cc(Cl)ccc1OC. The highest BCUT2D eigenvalue weighted by molar-refractivity contribution is 6.30. The van der Waals surface area contributed by atoms with Crippen LogP contribution in [0.15, 0.2) is 18.2 Å². The fourth-order valence-corrected chi connectivity index (χ4v) is 1.54. The van der Waals surface area contributed by atoms with Crippen molar-refractivity contribution >= 4 is 11.6 Å². The van der Waals surface area contributed by atoms with Crippen LogP contribution in [0.3, 0.4) is 0 Å². The molecule has 0 radical (unpaired) electrons. The molecule has 0 aromatic heterocycles. The van der Waals surface area contributed by atoms with E-state index in [1.807, 2.05) is 18.2 Å². The van der Waals surface area contributed by atoms with Crippen LogP contribution >= 0.6 is 11.6 Å². The minimum Gasteiger partial charge on any atom is -0.496 e. The maximum Gasteiger partial charge on any atom is 0.122 e. The molecule has 0 aliphatic carbocycles. The first-order valence-electron chi connectivity index (χ1n) is 4.59. The van der Waals surface area contributed by atoms with Crippen LogP contribution in [0.25, 0.3) is 0 Å². The third kappa shape index (κ3) is 3.20. The first-order chi connectivity index (χ1) is 6.77. The smallest absolute Gasteiger partial charge is 0.122 e. The Kier molecular flexibility index (Phi) is 4.77. The Balaban J connectivity index is 2.67. The van der Waals surface area contributed by atoms with E-state index in [0.717, 1.165) is 35.8 Å². The van der Waals surface area contributed by atoms with Gasteiger partial charge in [-0.1, -0.05) is 11.6 Å². The molecule has 0 spiro atoms. The summed E-state index contributed by atoms with van der Waals surface area (Å²) in [6, 6.07) is 5.67. The van der Waals surface area contributed by atoms with Crippen LogP contribution in [0.4, 0.5) is 0 Å². The summed E-state index contributed by atoms with van der Waals surface area (Å²) in [5, 5.41) is 0.748. The van der Waals surface area contributed by atoms with E-state index >= 15 is 0 Å². The molecule has 0 saturated heterocycles. The minimum absolute atomic E-state index is 0.748. The molecular formula is C11H15ClO2. The zero-order valence-corrected chi connectivity index (χ0v) is 9.30. The molecule has 1 aromatic rings. The second-order valence-corrected chi connectivity index (χ2v) is 3.49. The Morgan fingerprint density at radius 3 is 2.71 bits per heavy atom. The average molecular weight is 215 g/mol. The van der Waals surface area contributed by atoms with Crippen molar-refractivity contribution in [2.45, 2.75) is 12.8 Å². The zero-order chi connectivity index (χ0) is 10.4. The molecule has 0 heterocycles. The molecule has 0 aliphatic heterocycles. The lowest BCUT2D eigenvalue weighted by Gasteiger charge is -2.08. The van der Waals surface area contributed by atoms with Gasteiger partial charge in [0.15, 0.2) is 0 Å². The standard InChI is InChI=1S/C11H15ClO2/c1-13-7-3-4-9-8-10(12)5-6-11(9)14-2/h5-6,8H,3-4,7H2,1-2H3. The second kappa shape index (κ2) is 5.89. The molecule has 0 N–H and O–H groups in total. The predicted octanol–water partition coefficient (Wildman–Crippen LogP) is 2.93. The molecule has 2 nitrogen and oxygen atoms in total. The number of methoxy groups -OCH3 is 2. The fraction of sp³-hybridized carbons (Fsp3) is 0.455. The monoisotopic (exact) mass is 214 g/mol. The van der Waals surface area contributed by atoms with E-state index in [1.54, 1.807) is 14.2 Å². The van der Waals surface area contributed by atoms with E-state index in [1.165, 1.54) is 0 Å². The summed E-state index contributed by atoms with van der Waals surface area (Å²) >= 11 is 5.90. The molecule has 78 valence electrons. The highest BCUT2D eigenvalue weighted by Crippen LogP contribution is 2.23. The van der Waals surface area contributed by atoms with Gasteiger partial charge in [0.1, 0.15) is 5.75 Å². The summed E-state index contributed by atoms with van der Waals surface area (Å²) in [6.07, 6.45) is 1.91. The van der Waals surface area contributed by atoms with Gasteiger partial charge in [-0.2, -0.15) is 0 Å². The van der Waals surface area contributed by atoms with Crippen molar-refractivity contribution < 1.29 is 9.47 Å². The highest BCUT2D eigenvalue weighted by Gasteiger charge is 2.03. The Bertz CT molecular complexity index is 287. The van der Waals surface area contributed by atoms with Crippen molar-refractivity contribution in [3.63, 3.8) is 0 Å². The lowest BCUT2D eigenvalue weighted by atomic mass is 10.1. The van der Waals surface area contributed by atoms with Crippen molar-refractivity contribution in [3.8, 4) is 5.75 Å². The third-order valence-corrected chi connectivity index (χ3v) is 2.27. The van der Waals surface area contributed by atoms with Crippen molar-refractivity contribution in [3.05, 3.63) is 28.8 Å². The molecular weight excluding hydrogens is 200 g/mol. The van der Waals surface area contributed by atoms with Gasteiger partial charge in [0.2, 0.25) is 0 Å². The largest absolute Gasteiger partial charge is 0.496 e. The highest BCUT2D eigenvalue weighted by atomic mass is 35.5. The molecule has 0 atom stereocenters. The molecule has 3 heteroatoms. The molecule has 0 unspecified atom stereocenters. The molecule has 0 bridgehead atoms. The number of hydrogen-bond acceptors (Lipinski definition) is 2. The van der Waals surface area contributed by atoms with Crippen LogP contribution < -0.4 is 4.74 Å². The van der Waals surface area contributed by atoms with E-state index < -0.39 is 0 Å². The van der Waals surface area contributed by atoms with Gasteiger partial charge in [0.05, 0.1) is 7.11 Å². The van der Waals surface area contributed by atoms with Crippen molar-refractivity contribution in [1.82, 2.24) is 0 Å². The van der Waals surface area contributed by atoms with E-state index in [4.69, 9.17) is 21.1 Å². The quantitative estimate of drug-likeness (QED) is 0.702. The first-order valence-corrected chi connectivity index (χ1v) is 4.97. The van der Waals surface area contributed by atoms with Crippen LogP contribution in [-0.4, -0.2) is 20.8 Å². The summed E-state index contributed by atoms with van der Waals surface area (Å²) in [4.78, 5) is 0. The van der Waals surface area contributed by atoms with Crippen LogP contribution in [-0.2, 0) is 11.2 Å². The van der Waals surface area contributed by atoms with Crippen molar-refractivity contribution in [2.24, 2.45) is 0 Å². The number of benzene rings is 1. The number of halogens is 1. The van der Waals surface area contributed by atoms with E-state index in [0.29, 0.717) is 0 Å². The van der Waals surface area contributed by atoms with E-state index in [-0.39, 0.29) is 0 Å². The minimum atomic E-state index is 0.748. The zero-order valence-electron chi connectivity index (χ0n) is 8.55. The number of aryl methyl sites for hydroxylation is 1. The van der Waals surface area contributed by atoms with Gasteiger partial charge in [-0.25, -0.2) is 0 Å². The van der Waals surface area contributed by atoms with Gasteiger partial charge in [0.25, 0.3) is 0 Å². The van der Waals surface area contributed by atoms with Gasteiger partial charge >= 0.3 is 0 Å². The Morgan fingerprint density at radius 2 is 2.07 bits per heavy atom. The van der Waals surface area contributed by atoms with Crippen LogP contribution in [0, 0.1) is 0 Å². The molecule has 1 rings (SSSR count). The topological polar surface area (TPSA) is 18.5 Å². The van der Waals surface area contributed by atoms with E-state index in [2.05, 4.69) is 0 Å². The van der Waals surface area contributed by atoms with Crippen molar-refractivity contribution in [2.75, 3.05) is 20.8 Å². The fourth-order valence-electron chi connectivity index (χ4n) is 1.35. The third-order valence-electron chi connectivity index (χ3n) is 2.04. The van der Waals surface area contributed by atoms with Crippen LogP contribution in [0.2, 0.25) is 5.02 Å². The van der Waals surface area contributed by atoms with E-state index in [9.17, 15) is 0 Å². The first kappa shape index (κ1) is 11.3. The van der Waals surface area contributed by atoms with Gasteiger partial charge in [0, 0.05) is 18.7 Å². The van der Waals surface area contributed by atoms with Crippen molar-refractivity contribution in [1.29, 1.82) is 0 Å².